The lowest BCUT2D eigenvalue weighted by molar-refractivity contribution is -0.302. The first-order valence-corrected chi connectivity index (χ1v) is 22.1. The molecule has 1 amide bonds. The second-order valence-electron chi connectivity index (χ2n) is 18.4. The number of aliphatic hydroxyl groups excluding tert-OH is 1. The summed E-state index contributed by atoms with van der Waals surface area (Å²) in [5, 5.41) is 16.3. The van der Waals surface area contributed by atoms with Gasteiger partial charge in [-0.15, -0.1) is 0 Å². The maximum atomic E-state index is 14.6. The van der Waals surface area contributed by atoms with Crippen molar-refractivity contribution in [1.82, 2.24) is 24.8 Å². The number of aromatic nitrogens is 3. The number of pyridine rings is 1. The summed E-state index contributed by atoms with van der Waals surface area (Å²) in [5.41, 5.74) is 0.304. The SMILES string of the molecule is CC[C@@H]1OC(=O)[C@H](C)[C@H]2OCC(=NOCc3cccc(-c4ncccn4)n3)CO[C@](C)(C[C@@H](C)C3=NCCN4C(=O)O[C@@]1(C)[C@H]4[C@H]3C)[C@@H](O[C@H]1O[C@@H](C)C[C@@H](N(C)C)[C@@H]1O)[C@@H]2C. The molecule has 14 atom stereocenters. The highest BCUT2D eigenvalue weighted by atomic mass is 16.7. The molecule has 340 valence electrons. The predicted molar refractivity (Wildman–Crippen MR) is 228 cm³/mol. The van der Waals surface area contributed by atoms with Crippen molar-refractivity contribution in [2.75, 3.05) is 40.4 Å². The van der Waals surface area contributed by atoms with E-state index in [2.05, 4.69) is 34.0 Å². The lowest BCUT2D eigenvalue weighted by Gasteiger charge is -2.48. The molecule has 0 saturated carbocycles. The van der Waals surface area contributed by atoms with Crippen LogP contribution in [0.4, 0.5) is 4.79 Å². The van der Waals surface area contributed by atoms with Gasteiger partial charge in [0.15, 0.2) is 24.3 Å². The van der Waals surface area contributed by atoms with E-state index in [1.807, 2.05) is 71.8 Å². The Hall–Kier alpha value is -4.13. The van der Waals surface area contributed by atoms with Crippen LogP contribution in [0.3, 0.4) is 0 Å². The molecule has 7 heterocycles. The van der Waals surface area contributed by atoms with Crippen LogP contribution < -0.4 is 0 Å². The van der Waals surface area contributed by atoms with E-state index in [0.717, 1.165) is 5.71 Å². The van der Waals surface area contributed by atoms with Crippen molar-refractivity contribution < 1.29 is 48.0 Å². The van der Waals surface area contributed by atoms with Crippen LogP contribution in [0.5, 0.6) is 0 Å². The minimum absolute atomic E-state index is 0.00573. The summed E-state index contributed by atoms with van der Waals surface area (Å²) in [5.74, 6) is -1.84. The van der Waals surface area contributed by atoms with Gasteiger partial charge >= 0.3 is 12.1 Å². The van der Waals surface area contributed by atoms with Crippen LogP contribution in [0, 0.1) is 23.7 Å². The van der Waals surface area contributed by atoms with Crippen molar-refractivity contribution in [3.63, 3.8) is 0 Å². The molecule has 4 bridgehead atoms. The Kier molecular flexibility index (Phi) is 14.0. The minimum atomic E-state index is -1.15. The number of esters is 1. The van der Waals surface area contributed by atoms with Gasteiger partial charge in [-0.2, -0.15) is 0 Å². The fourth-order valence-corrected chi connectivity index (χ4v) is 10.5. The number of fused-ring (bicyclic) bond motifs is 4. The Bertz CT molecular complexity index is 1960. The highest BCUT2D eigenvalue weighted by Crippen LogP contribution is 2.45. The maximum Gasteiger partial charge on any atom is 0.410 e. The van der Waals surface area contributed by atoms with Gasteiger partial charge in [-0.3, -0.25) is 14.7 Å². The fourth-order valence-electron chi connectivity index (χ4n) is 10.5. The molecule has 17 nitrogen and oxygen atoms in total. The number of carbonyl (C=O) groups excluding carboxylic acids is 2. The Morgan fingerprint density at radius 3 is 2.52 bits per heavy atom. The van der Waals surface area contributed by atoms with Gasteiger partial charge in [-0.1, -0.05) is 38.9 Å². The second kappa shape index (κ2) is 18.9. The molecule has 4 saturated heterocycles. The number of hydrogen-bond donors (Lipinski definition) is 1. The van der Waals surface area contributed by atoms with Crippen molar-refractivity contribution >= 4 is 23.5 Å². The number of rotatable bonds is 8. The van der Waals surface area contributed by atoms with E-state index in [9.17, 15) is 14.7 Å². The van der Waals surface area contributed by atoms with Crippen molar-refractivity contribution in [3.05, 3.63) is 42.4 Å². The number of likely N-dealkylation sites (N-methyl/N-ethyl adjacent to an activating group) is 1. The molecule has 62 heavy (non-hydrogen) atoms. The highest BCUT2D eigenvalue weighted by Gasteiger charge is 2.60. The standard InChI is InChI=1S/C45H65N7O10/c1-11-34-45(8)38-27(4)35(46-18-19-52(38)43(55)62-45)25(2)21-44(7)39(61-42-36(53)33(51(9)10)20-26(3)59-42)28(5)37(29(6)41(54)60-34)56-22-31(23-57-44)50-58-24-30-14-12-15-32(49-30)40-47-16-13-17-48-40/h12-17,25-29,33-34,36-39,42,53H,11,18-24H2,1-10H3/t25-,26+,27+,28-,29-,33-,34+,36+,37+,38-,39+,42-,44-,45-/m1/s1. The Morgan fingerprint density at radius 2 is 1.79 bits per heavy atom. The first-order valence-electron chi connectivity index (χ1n) is 22.1. The molecule has 0 spiro atoms. The van der Waals surface area contributed by atoms with Gasteiger partial charge in [0.1, 0.15) is 23.6 Å². The van der Waals surface area contributed by atoms with Gasteiger partial charge in [0.25, 0.3) is 0 Å². The number of aliphatic hydroxyl groups is 1. The molecule has 2 aromatic rings. The number of ether oxygens (including phenoxy) is 6. The fraction of sp³-hybridized carbons (Fsp3) is 0.711. The molecule has 0 aromatic carbocycles. The lowest BCUT2D eigenvalue weighted by Crippen LogP contribution is -2.60. The van der Waals surface area contributed by atoms with E-state index < -0.39 is 71.8 Å². The van der Waals surface area contributed by atoms with Crippen LogP contribution in [-0.4, -0.2) is 154 Å². The molecule has 0 unspecified atom stereocenters. The van der Waals surface area contributed by atoms with E-state index in [0.29, 0.717) is 55.3 Å². The number of cyclic esters (lactones) is 1. The van der Waals surface area contributed by atoms with Crippen LogP contribution in [0.2, 0.25) is 0 Å². The molecule has 1 N–H and O–H groups in total. The summed E-state index contributed by atoms with van der Waals surface area (Å²) in [4.78, 5) is 56.3. The van der Waals surface area contributed by atoms with Gasteiger partial charge < -0.3 is 43.3 Å². The summed E-state index contributed by atoms with van der Waals surface area (Å²) < 4.78 is 39.9. The molecule has 0 aliphatic carbocycles. The smallest absolute Gasteiger partial charge is 0.410 e. The van der Waals surface area contributed by atoms with E-state index in [4.69, 9.17) is 38.3 Å². The molecule has 7 rings (SSSR count). The number of amides is 1. The summed E-state index contributed by atoms with van der Waals surface area (Å²) >= 11 is 0. The number of carbonyl (C=O) groups is 2. The largest absolute Gasteiger partial charge is 0.458 e. The van der Waals surface area contributed by atoms with E-state index >= 15 is 0 Å². The molecule has 2 aromatic heterocycles. The Labute approximate surface area is 364 Å². The van der Waals surface area contributed by atoms with Crippen molar-refractivity contribution in [1.29, 1.82) is 0 Å². The molecule has 5 aliphatic rings. The number of oxime groups is 1. The average molecular weight is 864 g/mol. The number of nitrogens with zero attached hydrogens (tertiary/aromatic N) is 7. The molecule has 4 fully saturated rings. The Morgan fingerprint density at radius 1 is 1.03 bits per heavy atom. The topological polar surface area (TPSA) is 189 Å². The van der Waals surface area contributed by atoms with Crippen molar-refractivity contribution in [2.24, 2.45) is 33.8 Å². The van der Waals surface area contributed by atoms with Crippen molar-refractivity contribution in [3.8, 4) is 11.5 Å². The summed E-state index contributed by atoms with van der Waals surface area (Å²) in [6.45, 7) is 16.5. The number of aliphatic imine (C=N–C) groups is 1. The number of hydrogen-bond acceptors (Lipinski definition) is 16. The van der Waals surface area contributed by atoms with Crippen LogP contribution in [0.1, 0.15) is 80.3 Å². The first kappa shape index (κ1) is 45.9. The zero-order valence-electron chi connectivity index (χ0n) is 37.8. The summed E-state index contributed by atoms with van der Waals surface area (Å²) in [6.07, 6.45) is -0.253. The van der Waals surface area contributed by atoms with Gasteiger partial charge in [0, 0.05) is 42.5 Å². The average Bonchev–Trinajstić information content (AvgIpc) is 3.39. The monoisotopic (exact) mass is 863 g/mol. The minimum Gasteiger partial charge on any atom is -0.458 e. The molecule has 17 heteroatoms. The molecule has 5 aliphatic heterocycles. The van der Waals surface area contributed by atoms with Crippen LogP contribution in [-0.2, 0) is 44.7 Å². The normalized spacial score (nSPS) is 38.9. The van der Waals surface area contributed by atoms with E-state index in [1.165, 1.54) is 0 Å². The summed E-state index contributed by atoms with van der Waals surface area (Å²) in [6, 6.07) is 6.59. The molecule has 0 radical (unpaired) electrons. The van der Waals surface area contributed by atoms with Gasteiger partial charge in [0.05, 0.1) is 61.3 Å². The van der Waals surface area contributed by atoms with Gasteiger partial charge in [0.2, 0.25) is 0 Å². The third kappa shape index (κ3) is 9.25. The van der Waals surface area contributed by atoms with Crippen LogP contribution in [0.15, 0.2) is 46.8 Å². The quantitative estimate of drug-likeness (QED) is 0.284. The Balaban J connectivity index is 1.28. The maximum absolute atomic E-state index is 14.6. The van der Waals surface area contributed by atoms with Crippen LogP contribution >= 0.6 is 0 Å². The van der Waals surface area contributed by atoms with Crippen LogP contribution in [0.25, 0.3) is 11.5 Å². The van der Waals surface area contributed by atoms with Crippen molar-refractivity contribution in [2.45, 2.75) is 141 Å². The summed E-state index contributed by atoms with van der Waals surface area (Å²) in [7, 11) is 3.87. The second-order valence-corrected chi connectivity index (χ2v) is 18.4. The molecular formula is C45H65N7O10. The van der Waals surface area contributed by atoms with Gasteiger partial charge in [-0.05, 0) is 85.2 Å². The predicted octanol–water partition coefficient (Wildman–Crippen LogP) is 4.70. The zero-order valence-corrected chi connectivity index (χ0v) is 37.8. The van der Waals surface area contributed by atoms with Gasteiger partial charge in [-0.25, -0.2) is 19.7 Å². The van der Waals surface area contributed by atoms with E-state index in [1.54, 1.807) is 30.3 Å². The highest BCUT2D eigenvalue weighted by molar-refractivity contribution is 5.91. The third-order valence-electron chi connectivity index (χ3n) is 13.6. The lowest BCUT2D eigenvalue weighted by atomic mass is 9.72. The third-order valence-corrected chi connectivity index (χ3v) is 13.6. The zero-order chi connectivity index (χ0) is 44.5. The molecular weight excluding hydrogens is 799 g/mol. The first-order chi connectivity index (χ1) is 29.5. The van der Waals surface area contributed by atoms with E-state index in [-0.39, 0.29) is 43.8 Å².